The number of carbonyl (C=O) groups excluding carboxylic acids is 2. The zero-order chi connectivity index (χ0) is 14.7. The molecule has 0 saturated carbocycles. The lowest BCUT2D eigenvalue weighted by atomic mass is 10.1. The molecule has 0 spiro atoms. The van der Waals surface area contributed by atoms with Crippen molar-refractivity contribution < 1.29 is 14.3 Å². The number of fused-ring (bicyclic) bond motifs is 1. The first-order valence-electron chi connectivity index (χ1n) is 6.42. The molecule has 1 N–H and O–H groups in total. The topological polar surface area (TPSA) is 68.3 Å². The van der Waals surface area contributed by atoms with Gasteiger partial charge in [0.1, 0.15) is 6.61 Å². The number of benzene rings is 1. The van der Waals surface area contributed by atoms with E-state index in [0.29, 0.717) is 16.9 Å². The standard InChI is InChI=1S/C16H12N2O3/c19-15(7-5-12-3-1-2-8-17-12)18-13-4-6-14-11(9-13)10-21-16(14)20/h1-9H,10H2,(H,18,19)/b7-5+. The Hall–Kier alpha value is -2.95. The second-order valence-electron chi connectivity index (χ2n) is 4.53. The van der Waals surface area contributed by atoms with Crippen LogP contribution in [0, 0.1) is 0 Å². The molecule has 0 unspecified atom stereocenters. The van der Waals surface area contributed by atoms with Crippen LogP contribution in [0.5, 0.6) is 0 Å². The third kappa shape index (κ3) is 2.97. The Morgan fingerprint density at radius 2 is 2.19 bits per heavy atom. The van der Waals surface area contributed by atoms with E-state index in [1.807, 2.05) is 18.2 Å². The maximum atomic E-state index is 11.8. The first-order chi connectivity index (χ1) is 10.2. The number of ether oxygens (including phenoxy) is 1. The number of carbonyl (C=O) groups is 2. The van der Waals surface area contributed by atoms with Gasteiger partial charge in [0.15, 0.2) is 0 Å². The van der Waals surface area contributed by atoms with Crippen LogP contribution in [0.1, 0.15) is 21.6 Å². The highest BCUT2D eigenvalue weighted by molar-refractivity contribution is 6.02. The van der Waals surface area contributed by atoms with Crippen molar-refractivity contribution in [3.05, 3.63) is 65.5 Å². The van der Waals surface area contributed by atoms with E-state index in [9.17, 15) is 9.59 Å². The zero-order valence-corrected chi connectivity index (χ0v) is 11.1. The normalized spacial score (nSPS) is 13.0. The molecule has 0 aliphatic carbocycles. The Bertz CT molecular complexity index is 724. The average molecular weight is 280 g/mol. The molecule has 0 radical (unpaired) electrons. The van der Waals surface area contributed by atoms with Crippen LogP contribution in [0.15, 0.2) is 48.7 Å². The van der Waals surface area contributed by atoms with E-state index >= 15 is 0 Å². The number of esters is 1. The molecule has 0 saturated heterocycles. The molecular weight excluding hydrogens is 268 g/mol. The molecule has 1 aromatic carbocycles. The molecule has 0 fully saturated rings. The van der Waals surface area contributed by atoms with E-state index in [0.717, 1.165) is 5.56 Å². The first kappa shape index (κ1) is 13.1. The number of hydrogen-bond donors (Lipinski definition) is 1. The van der Waals surface area contributed by atoms with Gasteiger partial charge in [-0.05, 0) is 36.4 Å². The third-order valence-corrected chi connectivity index (χ3v) is 3.04. The van der Waals surface area contributed by atoms with Gasteiger partial charge in [0.05, 0.1) is 11.3 Å². The minimum Gasteiger partial charge on any atom is -0.457 e. The van der Waals surface area contributed by atoms with Crippen molar-refractivity contribution in [3.63, 3.8) is 0 Å². The highest BCUT2D eigenvalue weighted by Gasteiger charge is 2.20. The lowest BCUT2D eigenvalue weighted by Gasteiger charge is -2.03. The van der Waals surface area contributed by atoms with Crippen LogP contribution in [-0.2, 0) is 16.1 Å². The summed E-state index contributed by atoms with van der Waals surface area (Å²) in [5.41, 5.74) is 2.67. The van der Waals surface area contributed by atoms with Gasteiger partial charge >= 0.3 is 5.97 Å². The fourth-order valence-corrected chi connectivity index (χ4v) is 2.03. The van der Waals surface area contributed by atoms with Gasteiger partial charge in [-0.1, -0.05) is 6.07 Å². The molecule has 1 amide bonds. The molecule has 104 valence electrons. The van der Waals surface area contributed by atoms with Gasteiger partial charge < -0.3 is 10.1 Å². The van der Waals surface area contributed by atoms with E-state index in [1.54, 1.807) is 30.5 Å². The smallest absolute Gasteiger partial charge is 0.338 e. The number of amides is 1. The number of hydrogen-bond acceptors (Lipinski definition) is 4. The minimum atomic E-state index is -0.321. The predicted molar refractivity (Wildman–Crippen MR) is 77.5 cm³/mol. The monoisotopic (exact) mass is 280 g/mol. The summed E-state index contributed by atoms with van der Waals surface area (Å²) in [4.78, 5) is 27.2. The summed E-state index contributed by atoms with van der Waals surface area (Å²) in [6.07, 6.45) is 4.71. The average Bonchev–Trinajstić information content (AvgIpc) is 2.87. The van der Waals surface area contributed by atoms with Crippen molar-refractivity contribution in [3.8, 4) is 0 Å². The minimum absolute atomic E-state index is 0.252. The van der Waals surface area contributed by atoms with Crippen LogP contribution >= 0.6 is 0 Å². The number of rotatable bonds is 3. The van der Waals surface area contributed by atoms with Gasteiger partial charge in [-0.25, -0.2) is 4.79 Å². The predicted octanol–water partition coefficient (Wildman–Crippen LogP) is 2.40. The van der Waals surface area contributed by atoms with E-state index in [4.69, 9.17) is 4.74 Å². The molecule has 1 aliphatic rings. The zero-order valence-electron chi connectivity index (χ0n) is 11.1. The van der Waals surface area contributed by atoms with Crippen molar-refractivity contribution >= 4 is 23.6 Å². The fourth-order valence-electron chi connectivity index (χ4n) is 2.03. The second kappa shape index (κ2) is 5.58. The number of anilines is 1. The maximum absolute atomic E-state index is 11.8. The maximum Gasteiger partial charge on any atom is 0.338 e. The van der Waals surface area contributed by atoms with Gasteiger partial charge in [0, 0.05) is 23.5 Å². The quantitative estimate of drug-likeness (QED) is 0.692. The molecule has 0 bridgehead atoms. The van der Waals surface area contributed by atoms with Crippen LogP contribution in [0.25, 0.3) is 6.08 Å². The van der Waals surface area contributed by atoms with Crippen molar-refractivity contribution in [1.82, 2.24) is 4.98 Å². The Balaban J connectivity index is 1.68. The molecule has 0 atom stereocenters. The molecule has 1 aromatic heterocycles. The van der Waals surface area contributed by atoms with Crippen molar-refractivity contribution in [2.75, 3.05) is 5.32 Å². The van der Waals surface area contributed by atoms with Crippen LogP contribution in [-0.4, -0.2) is 16.9 Å². The molecule has 5 nitrogen and oxygen atoms in total. The van der Waals surface area contributed by atoms with Gasteiger partial charge in [-0.2, -0.15) is 0 Å². The summed E-state index contributed by atoms with van der Waals surface area (Å²) >= 11 is 0. The SMILES string of the molecule is O=C(/C=C/c1ccccn1)Nc1ccc2c(c1)COC2=O. The lowest BCUT2D eigenvalue weighted by Crippen LogP contribution is -2.08. The Morgan fingerprint density at radius 3 is 3.00 bits per heavy atom. The van der Waals surface area contributed by atoms with E-state index in [2.05, 4.69) is 10.3 Å². The van der Waals surface area contributed by atoms with Gasteiger partial charge in [0.25, 0.3) is 0 Å². The number of cyclic esters (lactones) is 1. The molecule has 1 aliphatic heterocycles. The molecule has 2 aromatic rings. The van der Waals surface area contributed by atoms with Crippen molar-refractivity contribution in [2.24, 2.45) is 0 Å². The summed E-state index contributed by atoms with van der Waals surface area (Å²) in [7, 11) is 0. The van der Waals surface area contributed by atoms with Crippen molar-refractivity contribution in [1.29, 1.82) is 0 Å². The van der Waals surface area contributed by atoms with Crippen LogP contribution in [0.3, 0.4) is 0 Å². The second-order valence-corrected chi connectivity index (χ2v) is 4.53. The molecular formula is C16H12N2O3. The summed E-state index contributed by atoms with van der Waals surface area (Å²) in [5.74, 6) is -0.580. The number of nitrogens with one attached hydrogen (secondary N) is 1. The van der Waals surface area contributed by atoms with Gasteiger partial charge in [-0.15, -0.1) is 0 Å². The van der Waals surface area contributed by atoms with E-state index in [-0.39, 0.29) is 18.5 Å². The van der Waals surface area contributed by atoms with Crippen LogP contribution in [0.4, 0.5) is 5.69 Å². The molecule has 21 heavy (non-hydrogen) atoms. The highest BCUT2D eigenvalue weighted by atomic mass is 16.5. The van der Waals surface area contributed by atoms with Crippen molar-refractivity contribution in [2.45, 2.75) is 6.61 Å². The van der Waals surface area contributed by atoms with Crippen LogP contribution in [0.2, 0.25) is 0 Å². The summed E-state index contributed by atoms with van der Waals surface area (Å²) in [6, 6.07) is 10.5. The third-order valence-electron chi connectivity index (χ3n) is 3.04. The summed E-state index contributed by atoms with van der Waals surface area (Å²) < 4.78 is 4.91. The van der Waals surface area contributed by atoms with Gasteiger partial charge in [-0.3, -0.25) is 9.78 Å². The highest BCUT2D eigenvalue weighted by Crippen LogP contribution is 2.23. The fraction of sp³-hybridized carbons (Fsp3) is 0.0625. The van der Waals surface area contributed by atoms with Crippen LogP contribution < -0.4 is 5.32 Å². The molecule has 3 rings (SSSR count). The molecule has 2 heterocycles. The molecule has 5 heteroatoms. The van der Waals surface area contributed by atoms with E-state index in [1.165, 1.54) is 6.08 Å². The summed E-state index contributed by atoms with van der Waals surface area (Å²) in [6.45, 7) is 0.252. The largest absolute Gasteiger partial charge is 0.457 e. The van der Waals surface area contributed by atoms with Gasteiger partial charge in [0.2, 0.25) is 5.91 Å². The Morgan fingerprint density at radius 1 is 1.29 bits per heavy atom. The Kier molecular flexibility index (Phi) is 3.47. The summed E-state index contributed by atoms with van der Waals surface area (Å²) in [5, 5.41) is 2.74. The number of nitrogens with zero attached hydrogens (tertiary/aromatic N) is 1. The lowest BCUT2D eigenvalue weighted by molar-refractivity contribution is -0.111. The first-order valence-corrected chi connectivity index (χ1v) is 6.42. The van der Waals surface area contributed by atoms with E-state index < -0.39 is 0 Å². The Labute approximate surface area is 121 Å². The number of pyridine rings is 1. The number of aromatic nitrogens is 1.